The minimum Gasteiger partial charge on any atom is -0.494 e. The van der Waals surface area contributed by atoms with E-state index in [9.17, 15) is 4.79 Å². The van der Waals surface area contributed by atoms with E-state index in [1.165, 1.54) is 0 Å². The summed E-state index contributed by atoms with van der Waals surface area (Å²) in [7, 11) is 0. The van der Waals surface area contributed by atoms with Gasteiger partial charge in [-0.05, 0) is 55.8 Å². The number of rotatable bonds is 5. The van der Waals surface area contributed by atoms with Crippen LogP contribution >= 0.6 is 12.2 Å². The van der Waals surface area contributed by atoms with Crippen molar-refractivity contribution in [2.75, 3.05) is 6.61 Å². The normalized spacial score (nSPS) is 10.4. The van der Waals surface area contributed by atoms with Gasteiger partial charge in [0.25, 0.3) is 5.56 Å². The predicted octanol–water partition coefficient (Wildman–Crippen LogP) is 2.57. The zero-order valence-corrected chi connectivity index (χ0v) is 12.9. The molecule has 2 rings (SSSR count). The minimum atomic E-state index is -0.156. The highest BCUT2D eigenvalue weighted by atomic mass is 32.1. The van der Waals surface area contributed by atoms with Crippen LogP contribution in [0.3, 0.4) is 0 Å². The van der Waals surface area contributed by atoms with Crippen LogP contribution in [0.4, 0.5) is 0 Å². The minimum absolute atomic E-state index is 0.125. The summed E-state index contributed by atoms with van der Waals surface area (Å²) >= 11 is 4.91. The maximum atomic E-state index is 12.4. The van der Waals surface area contributed by atoms with Gasteiger partial charge >= 0.3 is 0 Å². The zero-order chi connectivity index (χ0) is 15.4. The molecule has 21 heavy (non-hydrogen) atoms. The third-order valence-electron chi connectivity index (χ3n) is 3.22. The lowest BCUT2D eigenvalue weighted by Gasteiger charge is -2.13. The number of pyridine rings is 1. The molecule has 1 aromatic carbocycles. The van der Waals surface area contributed by atoms with Crippen molar-refractivity contribution < 1.29 is 4.74 Å². The molecule has 0 aliphatic heterocycles. The molecule has 0 amide bonds. The van der Waals surface area contributed by atoms with Crippen LogP contribution in [-0.4, -0.2) is 16.2 Å². The number of hydrogen-bond donors (Lipinski definition) is 1. The summed E-state index contributed by atoms with van der Waals surface area (Å²) < 4.78 is 7.10. The summed E-state index contributed by atoms with van der Waals surface area (Å²) in [5.74, 6) is 0.811. The van der Waals surface area contributed by atoms with E-state index >= 15 is 0 Å². The first-order valence-electron chi connectivity index (χ1n) is 6.85. The van der Waals surface area contributed by atoms with Crippen molar-refractivity contribution in [2.45, 2.75) is 20.4 Å². The Labute approximate surface area is 129 Å². The molecule has 0 saturated carbocycles. The summed E-state index contributed by atoms with van der Waals surface area (Å²) in [6, 6.07) is 11.2. The van der Waals surface area contributed by atoms with Crippen molar-refractivity contribution in [3.63, 3.8) is 0 Å². The van der Waals surface area contributed by atoms with E-state index in [4.69, 9.17) is 22.7 Å². The van der Waals surface area contributed by atoms with Gasteiger partial charge in [-0.25, -0.2) is 0 Å². The predicted molar refractivity (Wildman–Crippen MR) is 88.9 cm³/mol. The average molecular weight is 302 g/mol. The van der Waals surface area contributed by atoms with Crippen LogP contribution in [0.5, 0.6) is 5.75 Å². The largest absolute Gasteiger partial charge is 0.494 e. The van der Waals surface area contributed by atoms with Gasteiger partial charge in [0.1, 0.15) is 10.7 Å². The molecule has 0 atom stereocenters. The van der Waals surface area contributed by atoms with Gasteiger partial charge in [-0.15, -0.1) is 0 Å². The maximum absolute atomic E-state index is 12.4. The quantitative estimate of drug-likeness (QED) is 0.863. The van der Waals surface area contributed by atoms with Crippen molar-refractivity contribution >= 4 is 17.2 Å². The van der Waals surface area contributed by atoms with Gasteiger partial charge in [0, 0.05) is 6.54 Å². The third kappa shape index (κ3) is 3.13. The molecule has 0 bridgehead atoms. The Bertz CT molecular complexity index is 705. The molecule has 110 valence electrons. The fourth-order valence-corrected chi connectivity index (χ4v) is 2.38. The first-order valence-corrected chi connectivity index (χ1v) is 7.26. The number of hydrogen-bond acceptors (Lipinski definition) is 3. The van der Waals surface area contributed by atoms with Crippen LogP contribution in [-0.2, 0) is 6.54 Å². The SMILES string of the molecule is CCOc1ccc(-c2ccc(C(N)=S)c(=O)n2CC)cc1. The lowest BCUT2D eigenvalue weighted by molar-refractivity contribution is 0.340. The molecule has 2 aromatic rings. The molecule has 0 spiro atoms. The van der Waals surface area contributed by atoms with Crippen molar-refractivity contribution in [1.29, 1.82) is 0 Å². The molecule has 4 nitrogen and oxygen atoms in total. The number of nitrogens with zero attached hydrogens (tertiary/aromatic N) is 1. The second-order valence-corrected chi connectivity index (χ2v) is 4.94. The highest BCUT2D eigenvalue weighted by Gasteiger charge is 2.11. The zero-order valence-electron chi connectivity index (χ0n) is 12.1. The Morgan fingerprint density at radius 3 is 2.38 bits per heavy atom. The van der Waals surface area contributed by atoms with Crippen molar-refractivity contribution in [2.24, 2.45) is 5.73 Å². The van der Waals surface area contributed by atoms with Gasteiger partial charge in [-0.3, -0.25) is 4.79 Å². The molecule has 0 unspecified atom stereocenters. The Morgan fingerprint density at radius 1 is 1.19 bits per heavy atom. The molecule has 0 saturated heterocycles. The summed E-state index contributed by atoms with van der Waals surface area (Å²) in [6.45, 7) is 5.04. The number of benzene rings is 1. The molecule has 0 aliphatic rings. The van der Waals surface area contributed by atoms with Gasteiger partial charge in [-0.2, -0.15) is 0 Å². The van der Waals surface area contributed by atoms with E-state index in [0.717, 1.165) is 17.0 Å². The summed E-state index contributed by atoms with van der Waals surface area (Å²) in [6.07, 6.45) is 0. The molecule has 1 heterocycles. The lowest BCUT2D eigenvalue weighted by Crippen LogP contribution is -2.29. The van der Waals surface area contributed by atoms with Crippen LogP contribution in [0.25, 0.3) is 11.3 Å². The Hall–Kier alpha value is -2.14. The van der Waals surface area contributed by atoms with Gasteiger partial charge in [-0.1, -0.05) is 12.2 Å². The van der Waals surface area contributed by atoms with Gasteiger partial charge < -0.3 is 15.0 Å². The highest BCUT2D eigenvalue weighted by molar-refractivity contribution is 7.80. The topological polar surface area (TPSA) is 57.2 Å². The van der Waals surface area contributed by atoms with Crippen molar-refractivity contribution in [3.8, 4) is 17.0 Å². The van der Waals surface area contributed by atoms with Crippen LogP contribution in [0.2, 0.25) is 0 Å². The van der Waals surface area contributed by atoms with E-state index < -0.39 is 0 Å². The maximum Gasteiger partial charge on any atom is 0.261 e. The summed E-state index contributed by atoms with van der Waals surface area (Å²) in [4.78, 5) is 12.5. The second-order valence-electron chi connectivity index (χ2n) is 4.50. The van der Waals surface area contributed by atoms with Crippen molar-refractivity contribution in [1.82, 2.24) is 4.57 Å². The van der Waals surface area contributed by atoms with Crippen LogP contribution in [0, 0.1) is 0 Å². The smallest absolute Gasteiger partial charge is 0.261 e. The first kappa shape index (κ1) is 15.3. The molecular formula is C16H18N2O2S. The lowest BCUT2D eigenvalue weighted by atomic mass is 10.1. The Balaban J connectivity index is 2.51. The molecule has 5 heteroatoms. The average Bonchev–Trinajstić information content (AvgIpc) is 2.47. The number of aromatic nitrogens is 1. The first-order chi connectivity index (χ1) is 10.1. The number of thiocarbonyl (C=S) groups is 1. The number of nitrogens with two attached hydrogens (primary N) is 1. The van der Waals surface area contributed by atoms with Crippen LogP contribution in [0.1, 0.15) is 19.4 Å². The van der Waals surface area contributed by atoms with Gasteiger partial charge in [0.05, 0.1) is 17.9 Å². The molecule has 0 radical (unpaired) electrons. The third-order valence-corrected chi connectivity index (χ3v) is 3.44. The van der Waals surface area contributed by atoms with E-state index in [2.05, 4.69) is 0 Å². The van der Waals surface area contributed by atoms with Gasteiger partial charge in [0.15, 0.2) is 0 Å². The fourth-order valence-electron chi connectivity index (χ4n) is 2.22. The van der Waals surface area contributed by atoms with E-state index in [0.29, 0.717) is 18.7 Å². The van der Waals surface area contributed by atoms with E-state index in [1.54, 1.807) is 10.6 Å². The highest BCUT2D eigenvalue weighted by Crippen LogP contribution is 2.22. The molecule has 0 fully saturated rings. The van der Waals surface area contributed by atoms with E-state index in [-0.39, 0.29) is 10.5 Å². The molecule has 2 N–H and O–H groups in total. The van der Waals surface area contributed by atoms with Crippen LogP contribution in [0.15, 0.2) is 41.2 Å². The van der Waals surface area contributed by atoms with Crippen molar-refractivity contribution in [3.05, 3.63) is 52.3 Å². The monoisotopic (exact) mass is 302 g/mol. The fraction of sp³-hybridized carbons (Fsp3) is 0.250. The van der Waals surface area contributed by atoms with Crippen LogP contribution < -0.4 is 16.0 Å². The Morgan fingerprint density at radius 2 is 1.86 bits per heavy atom. The number of ether oxygens (including phenoxy) is 1. The van der Waals surface area contributed by atoms with Gasteiger partial charge in [0.2, 0.25) is 0 Å². The molecule has 0 aliphatic carbocycles. The second kappa shape index (κ2) is 6.54. The molecular weight excluding hydrogens is 284 g/mol. The standard InChI is InChI=1S/C16H18N2O2S/c1-3-18-14(10-9-13(15(17)21)16(18)19)11-5-7-12(8-6-11)20-4-2/h5-10H,3-4H2,1-2H3,(H2,17,21). The summed E-state index contributed by atoms with van der Waals surface area (Å²) in [5.41, 5.74) is 7.59. The molecule has 1 aromatic heterocycles. The summed E-state index contributed by atoms with van der Waals surface area (Å²) in [5, 5.41) is 0. The Kier molecular flexibility index (Phi) is 4.75. The van der Waals surface area contributed by atoms with E-state index in [1.807, 2.05) is 44.2 Å².